The molecule has 4 rings (SSSR count). The number of piperidine rings is 1. The maximum atomic E-state index is 14.9. The fourth-order valence-electron chi connectivity index (χ4n) is 3.49. The Hall–Kier alpha value is -2.74. The molecule has 1 saturated heterocycles. The van der Waals surface area contributed by atoms with Gasteiger partial charge in [0, 0.05) is 23.9 Å². The predicted molar refractivity (Wildman–Crippen MR) is 106 cm³/mol. The number of thiophene rings is 1. The van der Waals surface area contributed by atoms with Gasteiger partial charge in [-0.05, 0) is 48.9 Å². The number of hydrogen-bond donors (Lipinski definition) is 1. The summed E-state index contributed by atoms with van der Waals surface area (Å²) in [4.78, 5) is 19.9. The van der Waals surface area contributed by atoms with E-state index in [1.165, 1.54) is 6.07 Å². The number of hydrogen-bond acceptors (Lipinski definition) is 6. The van der Waals surface area contributed by atoms with Crippen molar-refractivity contribution < 1.29 is 13.7 Å². The highest BCUT2D eigenvalue weighted by atomic mass is 32.1. The average molecular weight is 400 g/mol. The number of amides is 1. The third-order valence-corrected chi connectivity index (χ3v) is 5.74. The summed E-state index contributed by atoms with van der Waals surface area (Å²) in [7, 11) is 0. The Kier molecular flexibility index (Phi) is 5.38. The van der Waals surface area contributed by atoms with Crippen molar-refractivity contribution in [2.75, 3.05) is 11.4 Å². The third kappa shape index (κ3) is 3.91. The second-order valence-electron chi connectivity index (χ2n) is 6.81. The highest BCUT2D eigenvalue weighted by Crippen LogP contribution is 2.30. The Morgan fingerprint density at radius 3 is 3.00 bits per heavy atom. The van der Waals surface area contributed by atoms with Crippen LogP contribution in [0.2, 0.25) is 0 Å². The van der Waals surface area contributed by atoms with Gasteiger partial charge >= 0.3 is 0 Å². The van der Waals surface area contributed by atoms with E-state index in [2.05, 4.69) is 15.5 Å². The lowest BCUT2D eigenvalue weighted by molar-refractivity contribution is -0.123. The standard InChI is InChI=1S/C20H21FN4O2S/c1-13-23-19(24-27-13)14-7-8-17(16(21)11-14)25-9-3-2-6-18(25)20(26)22-12-15-5-4-10-28-15/h4-5,7-8,10-11,18H,2-3,6,9,12H2,1H3,(H,22,26). The SMILES string of the molecule is Cc1nc(-c2ccc(N3CCCCC3C(=O)NCc3cccs3)c(F)c2)no1. The number of nitrogens with one attached hydrogen (secondary N) is 1. The number of carbonyl (C=O) groups excluding carboxylic acids is 1. The molecule has 1 N–H and O–H groups in total. The molecule has 0 bridgehead atoms. The Morgan fingerprint density at radius 1 is 1.39 bits per heavy atom. The van der Waals surface area contributed by atoms with E-state index in [-0.39, 0.29) is 11.9 Å². The van der Waals surface area contributed by atoms with E-state index in [1.807, 2.05) is 22.4 Å². The maximum Gasteiger partial charge on any atom is 0.242 e. The van der Waals surface area contributed by atoms with Gasteiger partial charge in [0.25, 0.3) is 0 Å². The Bertz CT molecular complexity index is 957. The Labute approximate surface area is 166 Å². The summed E-state index contributed by atoms with van der Waals surface area (Å²) in [6.45, 7) is 2.84. The van der Waals surface area contributed by atoms with Crippen molar-refractivity contribution in [3.63, 3.8) is 0 Å². The van der Waals surface area contributed by atoms with E-state index in [0.717, 1.165) is 17.7 Å². The third-order valence-electron chi connectivity index (χ3n) is 4.87. The minimum Gasteiger partial charge on any atom is -0.357 e. The van der Waals surface area contributed by atoms with Crippen molar-refractivity contribution in [1.29, 1.82) is 0 Å². The number of nitrogens with zero attached hydrogens (tertiary/aromatic N) is 3. The minimum absolute atomic E-state index is 0.0645. The lowest BCUT2D eigenvalue weighted by Crippen LogP contribution is -2.49. The number of benzene rings is 1. The van der Waals surface area contributed by atoms with Crippen LogP contribution in [0.3, 0.4) is 0 Å². The minimum atomic E-state index is -0.391. The first kappa shape index (κ1) is 18.6. The van der Waals surface area contributed by atoms with Crippen LogP contribution < -0.4 is 10.2 Å². The lowest BCUT2D eigenvalue weighted by atomic mass is 9.99. The summed E-state index contributed by atoms with van der Waals surface area (Å²) in [5.41, 5.74) is 0.980. The second kappa shape index (κ2) is 8.10. The zero-order chi connectivity index (χ0) is 19.5. The number of carbonyl (C=O) groups is 1. The van der Waals surface area contributed by atoms with E-state index in [0.29, 0.717) is 42.5 Å². The molecular formula is C20H21FN4O2S. The summed E-state index contributed by atoms with van der Waals surface area (Å²) in [5.74, 6) is 0.327. The van der Waals surface area contributed by atoms with Crippen molar-refractivity contribution in [2.24, 2.45) is 0 Å². The average Bonchev–Trinajstić information content (AvgIpc) is 3.38. The molecule has 3 aromatic rings. The zero-order valence-electron chi connectivity index (χ0n) is 15.5. The molecule has 28 heavy (non-hydrogen) atoms. The van der Waals surface area contributed by atoms with Crippen molar-refractivity contribution in [1.82, 2.24) is 15.5 Å². The van der Waals surface area contributed by atoms with E-state index in [4.69, 9.17) is 4.52 Å². The van der Waals surface area contributed by atoms with Crippen molar-refractivity contribution in [2.45, 2.75) is 38.8 Å². The van der Waals surface area contributed by atoms with Gasteiger partial charge in [0.15, 0.2) is 0 Å². The summed E-state index contributed by atoms with van der Waals surface area (Å²) >= 11 is 1.60. The van der Waals surface area contributed by atoms with Gasteiger partial charge in [-0.2, -0.15) is 4.98 Å². The van der Waals surface area contributed by atoms with Crippen LogP contribution in [0.5, 0.6) is 0 Å². The number of rotatable bonds is 5. The molecule has 1 aliphatic rings. The fraction of sp³-hybridized carbons (Fsp3) is 0.350. The molecule has 1 fully saturated rings. The van der Waals surface area contributed by atoms with Gasteiger partial charge in [-0.3, -0.25) is 4.79 Å². The molecule has 2 aromatic heterocycles. The fourth-order valence-corrected chi connectivity index (χ4v) is 4.14. The van der Waals surface area contributed by atoms with E-state index < -0.39 is 5.82 Å². The van der Waals surface area contributed by atoms with Crippen LogP contribution in [0.25, 0.3) is 11.4 Å². The Balaban J connectivity index is 1.52. The predicted octanol–water partition coefficient (Wildman–Crippen LogP) is 3.92. The number of halogens is 1. The topological polar surface area (TPSA) is 71.3 Å². The molecule has 1 aliphatic heterocycles. The van der Waals surface area contributed by atoms with Crippen LogP contribution in [0.15, 0.2) is 40.2 Å². The molecule has 0 radical (unpaired) electrons. The largest absolute Gasteiger partial charge is 0.357 e. The van der Waals surface area contributed by atoms with Gasteiger partial charge < -0.3 is 14.7 Å². The number of anilines is 1. The van der Waals surface area contributed by atoms with Crippen LogP contribution in [-0.2, 0) is 11.3 Å². The summed E-state index contributed by atoms with van der Waals surface area (Å²) in [6, 6.07) is 8.43. The monoisotopic (exact) mass is 400 g/mol. The summed E-state index contributed by atoms with van der Waals surface area (Å²) in [5, 5.41) is 8.80. The normalized spacial score (nSPS) is 16.9. The van der Waals surface area contributed by atoms with Gasteiger partial charge in [0.1, 0.15) is 11.9 Å². The molecule has 6 nitrogen and oxygen atoms in total. The molecule has 1 unspecified atom stereocenters. The molecule has 1 aromatic carbocycles. The molecule has 1 amide bonds. The second-order valence-corrected chi connectivity index (χ2v) is 7.84. The van der Waals surface area contributed by atoms with Crippen molar-refractivity contribution >= 4 is 22.9 Å². The van der Waals surface area contributed by atoms with E-state index in [9.17, 15) is 9.18 Å². The quantitative estimate of drug-likeness (QED) is 0.703. The van der Waals surface area contributed by atoms with E-state index >= 15 is 0 Å². The first-order valence-electron chi connectivity index (χ1n) is 9.29. The molecular weight excluding hydrogens is 379 g/mol. The lowest BCUT2D eigenvalue weighted by Gasteiger charge is -2.36. The molecule has 3 heterocycles. The van der Waals surface area contributed by atoms with Crippen molar-refractivity contribution in [3.8, 4) is 11.4 Å². The van der Waals surface area contributed by atoms with Crippen LogP contribution in [0.4, 0.5) is 10.1 Å². The number of aryl methyl sites for hydroxylation is 1. The first-order chi connectivity index (χ1) is 13.6. The van der Waals surface area contributed by atoms with Crippen LogP contribution >= 0.6 is 11.3 Å². The van der Waals surface area contributed by atoms with Gasteiger partial charge in [-0.25, -0.2) is 4.39 Å². The van der Waals surface area contributed by atoms with Crippen LogP contribution in [-0.4, -0.2) is 28.6 Å². The summed E-state index contributed by atoms with van der Waals surface area (Å²) < 4.78 is 19.9. The molecule has 1 atom stereocenters. The zero-order valence-corrected chi connectivity index (χ0v) is 16.3. The van der Waals surface area contributed by atoms with Gasteiger partial charge in [-0.15, -0.1) is 11.3 Å². The first-order valence-corrected chi connectivity index (χ1v) is 10.2. The summed E-state index contributed by atoms with van der Waals surface area (Å²) in [6.07, 6.45) is 2.59. The Morgan fingerprint density at radius 2 is 2.29 bits per heavy atom. The molecule has 0 aliphatic carbocycles. The molecule has 146 valence electrons. The molecule has 8 heteroatoms. The highest BCUT2D eigenvalue weighted by molar-refractivity contribution is 7.09. The highest BCUT2D eigenvalue weighted by Gasteiger charge is 2.30. The molecule has 0 spiro atoms. The van der Waals surface area contributed by atoms with E-state index in [1.54, 1.807) is 30.4 Å². The molecule has 0 saturated carbocycles. The van der Waals surface area contributed by atoms with Gasteiger partial charge in [0.2, 0.25) is 17.6 Å². The van der Waals surface area contributed by atoms with Crippen LogP contribution in [0.1, 0.15) is 30.0 Å². The van der Waals surface area contributed by atoms with Crippen molar-refractivity contribution in [3.05, 3.63) is 52.3 Å². The van der Waals surface area contributed by atoms with Crippen LogP contribution in [0, 0.1) is 12.7 Å². The maximum absolute atomic E-state index is 14.9. The van der Waals surface area contributed by atoms with Gasteiger partial charge in [0.05, 0.1) is 12.2 Å². The smallest absolute Gasteiger partial charge is 0.242 e. The van der Waals surface area contributed by atoms with Gasteiger partial charge in [-0.1, -0.05) is 11.2 Å². The number of aromatic nitrogens is 2.